The van der Waals surface area contributed by atoms with Gasteiger partial charge in [-0.2, -0.15) is 0 Å². The summed E-state index contributed by atoms with van der Waals surface area (Å²) < 4.78 is 5.88. The van der Waals surface area contributed by atoms with Crippen LogP contribution in [0.15, 0.2) is 72.1 Å². The lowest BCUT2D eigenvalue weighted by Crippen LogP contribution is -2.52. The summed E-state index contributed by atoms with van der Waals surface area (Å²) in [5, 5.41) is 5.92. The van der Waals surface area contributed by atoms with E-state index in [2.05, 4.69) is 5.32 Å². The Hall–Kier alpha value is -3.97. The van der Waals surface area contributed by atoms with Crippen LogP contribution in [0.5, 0.6) is 5.75 Å². The van der Waals surface area contributed by atoms with Crippen molar-refractivity contribution in [1.29, 1.82) is 0 Å². The molecule has 1 aliphatic heterocycles. The van der Waals surface area contributed by atoms with E-state index in [0.717, 1.165) is 38.6 Å². The van der Waals surface area contributed by atoms with Crippen LogP contribution < -0.4 is 15.0 Å². The number of fused-ring (bicyclic) bond motifs is 1. The number of aromatic nitrogens is 1. The molecular formula is C29H27N3O3S. The predicted molar refractivity (Wildman–Crippen MR) is 145 cm³/mol. The molecule has 2 unspecified atom stereocenters. The van der Waals surface area contributed by atoms with Gasteiger partial charge in [0.15, 0.2) is 6.10 Å². The van der Waals surface area contributed by atoms with E-state index in [0.29, 0.717) is 11.4 Å². The molecule has 0 saturated heterocycles. The summed E-state index contributed by atoms with van der Waals surface area (Å²) in [6, 6.07) is 20.7. The number of hydrogen-bond acceptors (Lipinski definition) is 5. The molecule has 2 amide bonds. The van der Waals surface area contributed by atoms with Crippen LogP contribution in [0.2, 0.25) is 0 Å². The third-order valence-corrected chi connectivity index (χ3v) is 7.45. The van der Waals surface area contributed by atoms with Gasteiger partial charge < -0.3 is 10.1 Å². The highest BCUT2D eigenvalue weighted by Crippen LogP contribution is 2.39. The maximum Gasteiger partial charge on any atom is 0.268 e. The molecular weight excluding hydrogens is 470 g/mol. The minimum Gasteiger partial charge on any atom is -0.479 e. The number of carbonyl (C=O) groups is 2. The Morgan fingerprint density at radius 2 is 1.83 bits per heavy atom. The molecule has 2 atom stereocenters. The van der Waals surface area contributed by atoms with Crippen molar-refractivity contribution in [3.8, 4) is 27.6 Å². The quantitative estimate of drug-likeness (QED) is 0.355. The fourth-order valence-corrected chi connectivity index (χ4v) is 5.12. The molecule has 1 aromatic heterocycles. The second-order valence-electron chi connectivity index (χ2n) is 8.97. The van der Waals surface area contributed by atoms with Crippen LogP contribution in [0.3, 0.4) is 0 Å². The highest BCUT2D eigenvalue weighted by molar-refractivity contribution is 7.13. The molecule has 0 spiro atoms. The number of nitrogens with zero attached hydrogens (tertiary/aromatic N) is 2. The summed E-state index contributed by atoms with van der Waals surface area (Å²) in [7, 11) is 0. The Labute approximate surface area is 214 Å². The first-order valence-electron chi connectivity index (χ1n) is 11.9. The molecule has 182 valence electrons. The number of rotatable bonds is 5. The third-order valence-electron chi connectivity index (χ3n) is 6.56. The summed E-state index contributed by atoms with van der Waals surface area (Å²) in [6.45, 7) is 7.41. The van der Waals surface area contributed by atoms with E-state index in [1.54, 1.807) is 25.2 Å². The third kappa shape index (κ3) is 4.38. The van der Waals surface area contributed by atoms with Crippen molar-refractivity contribution in [2.75, 3.05) is 10.2 Å². The number of hydrogen-bond donors (Lipinski definition) is 1. The van der Waals surface area contributed by atoms with Gasteiger partial charge in [0.1, 0.15) is 16.8 Å². The molecule has 3 aromatic carbocycles. The molecule has 2 heterocycles. The van der Waals surface area contributed by atoms with E-state index in [1.807, 2.05) is 86.0 Å². The SMILES string of the molecule is Cc1cccc(NC(=O)C(C)N2C(=O)C(C)Oc3ccc(-c4csc(-c5ccccc5)n4)cc32)c1C. The fourth-order valence-electron chi connectivity index (χ4n) is 4.28. The maximum atomic E-state index is 13.3. The van der Waals surface area contributed by atoms with Crippen LogP contribution in [0, 0.1) is 13.8 Å². The van der Waals surface area contributed by atoms with Crippen molar-refractivity contribution < 1.29 is 14.3 Å². The number of benzene rings is 3. The Kier molecular flexibility index (Phi) is 6.33. The Morgan fingerprint density at radius 3 is 2.61 bits per heavy atom. The van der Waals surface area contributed by atoms with Crippen molar-refractivity contribution in [3.05, 3.63) is 83.2 Å². The van der Waals surface area contributed by atoms with Crippen LogP contribution in [-0.4, -0.2) is 28.9 Å². The van der Waals surface area contributed by atoms with E-state index < -0.39 is 12.1 Å². The Balaban J connectivity index is 1.47. The van der Waals surface area contributed by atoms with E-state index >= 15 is 0 Å². The van der Waals surface area contributed by atoms with E-state index in [-0.39, 0.29) is 11.8 Å². The molecule has 0 saturated carbocycles. The van der Waals surface area contributed by atoms with Gasteiger partial charge in [-0.25, -0.2) is 4.98 Å². The van der Waals surface area contributed by atoms with Gasteiger partial charge >= 0.3 is 0 Å². The number of aryl methyl sites for hydroxylation is 1. The summed E-state index contributed by atoms with van der Waals surface area (Å²) in [5.41, 5.74) is 6.10. The normalized spacial score (nSPS) is 15.7. The molecule has 6 nitrogen and oxygen atoms in total. The Morgan fingerprint density at radius 1 is 1.06 bits per heavy atom. The van der Waals surface area contributed by atoms with Crippen molar-refractivity contribution in [2.24, 2.45) is 0 Å². The summed E-state index contributed by atoms with van der Waals surface area (Å²) in [4.78, 5) is 32.9. The maximum absolute atomic E-state index is 13.3. The highest BCUT2D eigenvalue weighted by Gasteiger charge is 2.37. The van der Waals surface area contributed by atoms with E-state index in [9.17, 15) is 9.59 Å². The van der Waals surface area contributed by atoms with Gasteiger partial charge in [0.25, 0.3) is 5.91 Å². The zero-order valence-electron chi connectivity index (χ0n) is 20.6. The lowest BCUT2D eigenvalue weighted by Gasteiger charge is -2.36. The molecule has 0 radical (unpaired) electrons. The average molecular weight is 498 g/mol. The molecule has 7 heteroatoms. The van der Waals surface area contributed by atoms with Crippen LogP contribution in [-0.2, 0) is 9.59 Å². The van der Waals surface area contributed by atoms with Crippen molar-refractivity contribution in [1.82, 2.24) is 4.98 Å². The number of anilines is 2. The van der Waals surface area contributed by atoms with E-state index in [4.69, 9.17) is 9.72 Å². The minimum absolute atomic E-state index is 0.258. The monoisotopic (exact) mass is 497 g/mol. The van der Waals surface area contributed by atoms with Gasteiger partial charge in [0.2, 0.25) is 5.91 Å². The smallest absolute Gasteiger partial charge is 0.268 e. The molecule has 4 aromatic rings. The number of carbonyl (C=O) groups excluding carboxylic acids is 2. The van der Waals surface area contributed by atoms with Gasteiger partial charge in [-0.3, -0.25) is 14.5 Å². The second kappa shape index (κ2) is 9.59. The largest absolute Gasteiger partial charge is 0.479 e. The van der Waals surface area contributed by atoms with Crippen molar-refractivity contribution >= 4 is 34.5 Å². The zero-order chi connectivity index (χ0) is 25.4. The predicted octanol–water partition coefficient (Wildman–Crippen LogP) is 6.24. The second-order valence-corrected chi connectivity index (χ2v) is 9.83. The standard InChI is InChI=1S/C29H27N3O3S/c1-17-9-8-12-23(18(17)2)30-27(33)19(3)32-25-15-22(13-14-26(25)35-20(4)29(32)34)24-16-36-28(31-24)21-10-6-5-7-11-21/h5-16,19-20H,1-4H3,(H,30,33). The number of amides is 2. The van der Waals surface area contributed by atoms with Crippen LogP contribution in [0.25, 0.3) is 21.8 Å². The number of nitrogens with one attached hydrogen (secondary N) is 1. The average Bonchev–Trinajstić information content (AvgIpc) is 3.38. The first kappa shape index (κ1) is 23.8. The lowest BCUT2D eigenvalue weighted by atomic mass is 10.1. The Bertz CT molecular complexity index is 1450. The summed E-state index contributed by atoms with van der Waals surface area (Å²) >= 11 is 1.56. The van der Waals surface area contributed by atoms with Crippen LogP contribution >= 0.6 is 11.3 Å². The zero-order valence-corrected chi connectivity index (χ0v) is 21.4. The highest BCUT2D eigenvalue weighted by atomic mass is 32.1. The van der Waals surface area contributed by atoms with Gasteiger partial charge in [-0.05, 0) is 63.1 Å². The molecule has 36 heavy (non-hydrogen) atoms. The van der Waals surface area contributed by atoms with Crippen molar-refractivity contribution in [3.63, 3.8) is 0 Å². The molecule has 5 rings (SSSR count). The summed E-state index contributed by atoms with van der Waals surface area (Å²) in [6.07, 6.45) is -0.691. The lowest BCUT2D eigenvalue weighted by molar-refractivity contribution is -0.128. The van der Waals surface area contributed by atoms with Gasteiger partial charge in [-0.1, -0.05) is 42.5 Å². The topological polar surface area (TPSA) is 71.5 Å². The van der Waals surface area contributed by atoms with Crippen LogP contribution in [0.4, 0.5) is 11.4 Å². The minimum atomic E-state index is -0.743. The van der Waals surface area contributed by atoms with Gasteiger partial charge in [0, 0.05) is 22.2 Å². The summed E-state index contributed by atoms with van der Waals surface area (Å²) in [5.74, 6) is 0.0461. The van der Waals surface area contributed by atoms with Crippen molar-refractivity contribution in [2.45, 2.75) is 39.8 Å². The fraction of sp³-hybridized carbons (Fsp3) is 0.207. The van der Waals surface area contributed by atoms with E-state index in [1.165, 1.54) is 4.90 Å². The molecule has 1 aliphatic rings. The number of thiazole rings is 1. The van der Waals surface area contributed by atoms with Gasteiger partial charge in [-0.15, -0.1) is 11.3 Å². The first-order valence-corrected chi connectivity index (χ1v) is 12.7. The molecule has 0 bridgehead atoms. The number of ether oxygens (including phenoxy) is 1. The first-order chi connectivity index (χ1) is 17.3. The molecule has 0 fully saturated rings. The van der Waals surface area contributed by atoms with Crippen LogP contribution in [0.1, 0.15) is 25.0 Å². The molecule has 0 aliphatic carbocycles. The molecule has 1 N–H and O–H groups in total. The van der Waals surface area contributed by atoms with Gasteiger partial charge in [0.05, 0.1) is 11.4 Å².